The van der Waals surface area contributed by atoms with Gasteiger partial charge in [0.15, 0.2) is 0 Å². The fourth-order valence-electron chi connectivity index (χ4n) is 2.76. The molecule has 0 N–H and O–H groups in total. The summed E-state index contributed by atoms with van der Waals surface area (Å²) in [5, 5.41) is 2.69. The second-order valence-electron chi connectivity index (χ2n) is 5.89. The number of fused-ring (bicyclic) bond motifs is 1. The van der Waals surface area contributed by atoms with Crippen molar-refractivity contribution in [2.45, 2.75) is 19.6 Å². The van der Waals surface area contributed by atoms with Crippen molar-refractivity contribution in [1.29, 1.82) is 0 Å². The molecular formula is C18H12F3N3OS2. The van der Waals surface area contributed by atoms with Gasteiger partial charge in [0, 0.05) is 0 Å². The summed E-state index contributed by atoms with van der Waals surface area (Å²) in [4.78, 5) is 22.9. The summed E-state index contributed by atoms with van der Waals surface area (Å²) in [6.45, 7) is 1.97. The van der Waals surface area contributed by atoms with Gasteiger partial charge in [-0.2, -0.15) is 18.2 Å². The summed E-state index contributed by atoms with van der Waals surface area (Å²) < 4.78 is 39.6. The number of thiazole rings is 1. The van der Waals surface area contributed by atoms with E-state index < -0.39 is 17.4 Å². The van der Waals surface area contributed by atoms with Crippen LogP contribution in [0.5, 0.6) is 0 Å². The summed E-state index contributed by atoms with van der Waals surface area (Å²) in [5.41, 5.74) is 0.589. The Bertz CT molecular complexity index is 1160. The van der Waals surface area contributed by atoms with Crippen LogP contribution in [0, 0.1) is 6.92 Å². The van der Waals surface area contributed by atoms with E-state index >= 15 is 0 Å². The molecule has 4 aromatic rings. The van der Waals surface area contributed by atoms with Gasteiger partial charge < -0.3 is 0 Å². The average Bonchev–Trinajstić information content (AvgIpc) is 3.26. The predicted molar refractivity (Wildman–Crippen MR) is 100 cm³/mol. The molecule has 138 valence electrons. The minimum Gasteiger partial charge on any atom is -0.277 e. The van der Waals surface area contributed by atoms with Gasteiger partial charge >= 0.3 is 11.9 Å². The molecule has 0 unspecified atom stereocenters. The normalized spacial score (nSPS) is 12.0. The van der Waals surface area contributed by atoms with E-state index in [1.807, 2.05) is 24.4 Å². The molecule has 0 aliphatic rings. The van der Waals surface area contributed by atoms with Crippen LogP contribution in [0.1, 0.15) is 16.1 Å². The molecule has 0 saturated carbocycles. The Hall–Kier alpha value is -2.52. The van der Waals surface area contributed by atoms with E-state index in [2.05, 4.69) is 9.97 Å². The molecule has 3 heterocycles. The Kier molecular flexibility index (Phi) is 4.35. The summed E-state index contributed by atoms with van der Waals surface area (Å²) in [6.07, 6.45) is -4.39. The number of aryl methyl sites for hydroxylation is 1. The van der Waals surface area contributed by atoms with E-state index in [0.717, 1.165) is 22.0 Å². The molecule has 27 heavy (non-hydrogen) atoms. The Balaban J connectivity index is 1.80. The maximum atomic E-state index is 12.7. The summed E-state index contributed by atoms with van der Waals surface area (Å²) in [7, 11) is 0. The van der Waals surface area contributed by atoms with Crippen LogP contribution in [0.4, 0.5) is 13.2 Å². The number of halogens is 3. The van der Waals surface area contributed by atoms with Crippen molar-refractivity contribution in [1.82, 2.24) is 14.5 Å². The third kappa shape index (κ3) is 3.40. The fourth-order valence-corrected chi connectivity index (χ4v) is 4.38. The van der Waals surface area contributed by atoms with Crippen molar-refractivity contribution < 1.29 is 13.2 Å². The van der Waals surface area contributed by atoms with Crippen LogP contribution in [-0.4, -0.2) is 14.5 Å². The van der Waals surface area contributed by atoms with Crippen molar-refractivity contribution in [2.75, 3.05) is 0 Å². The Morgan fingerprint density at radius 2 is 1.85 bits per heavy atom. The van der Waals surface area contributed by atoms with E-state index in [0.29, 0.717) is 21.6 Å². The number of thiophene rings is 1. The number of hydrogen-bond donors (Lipinski definition) is 0. The van der Waals surface area contributed by atoms with Gasteiger partial charge in [-0.3, -0.25) is 4.57 Å². The molecule has 1 aromatic carbocycles. The van der Waals surface area contributed by atoms with Gasteiger partial charge in [0.2, 0.25) is 0 Å². The second kappa shape index (κ2) is 6.58. The summed E-state index contributed by atoms with van der Waals surface area (Å²) in [6, 6.07) is 8.54. The fraction of sp³-hybridized carbons (Fsp3) is 0.167. The number of benzene rings is 1. The van der Waals surface area contributed by atoms with E-state index in [4.69, 9.17) is 0 Å². The maximum Gasteiger partial charge on any atom is 0.416 e. The van der Waals surface area contributed by atoms with Gasteiger partial charge in [-0.15, -0.1) is 22.7 Å². The van der Waals surface area contributed by atoms with Crippen LogP contribution in [0.15, 0.2) is 46.6 Å². The van der Waals surface area contributed by atoms with Crippen LogP contribution in [0.2, 0.25) is 0 Å². The lowest BCUT2D eigenvalue weighted by Crippen LogP contribution is -2.24. The third-order valence-electron chi connectivity index (χ3n) is 4.00. The SMILES string of the molecule is Cc1nc2c(-c3cccs3)nc(=O)n(Cc3ccc(C(F)(F)F)cc3)c2s1. The smallest absolute Gasteiger partial charge is 0.277 e. The average molecular weight is 407 g/mol. The molecule has 0 atom stereocenters. The molecule has 0 amide bonds. The van der Waals surface area contributed by atoms with E-state index in [1.165, 1.54) is 39.4 Å². The van der Waals surface area contributed by atoms with Gasteiger partial charge in [0.25, 0.3) is 0 Å². The Labute approximate surface area is 159 Å². The number of hydrogen-bond acceptors (Lipinski definition) is 5. The first-order valence-electron chi connectivity index (χ1n) is 7.91. The molecule has 0 spiro atoms. The van der Waals surface area contributed by atoms with Crippen LogP contribution >= 0.6 is 22.7 Å². The number of alkyl halides is 3. The largest absolute Gasteiger partial charge is 0.416 e. The number of nitrogens with zero attached hydrogens (tertiary/aromatic N) is 3. The molecule has 0 radical (unpaired) electrons. The predicted octanol–water partition coefficient (Wildman–Crippen LogP) is 4.96. The standard InChI is InChI=1S/C18H12F3N3OS2/c1-10-22-15-14(13-3-2-8-26-13)23-17(25)24(16(15)27-10)9-11-4-6-12(7-5-11)18(19,20)21/h2-8H,9H2,1H3. The highest BCUT2D eigenvalue weighted by Crippen LogP contribution is 2.32. The molecule has 0 aliphatic heterocycles. The molecule has 0 fully saturated rings. The van der Waals surface area contributed by atoms with Crippen molar-refractivity contribution in [3.05, 3.63) is 68.4 Å². The second-order valence-corrected chi connectivity index (χ2v) is 8.02. The lowest BCUT2D eigenvalue weighted by Gasteiger charge is -2.10. The molecule has 4 rings (SSSR count). The highest BCUT2D eigenvalue weighted by atomic mass is 32.1. The molecule has 0 bridgehead atoms. The molecular weight excluding hydrogens is 395 g/mol. The summed E-state index contributed by atoms with van der Waals surface area (Å²) >= 11 is 2.84. The lowest BCUT2D eigenvalue weighted by molar-refractivity contribution is -0.137. The van der Waals surface area contributed by atoms with Gasteiger partial charge in [0.05, 0.1) is 22.0 Å². The Morgan fingerprint density at radius 3 is 2.48 bits per heavy atom. The van der Waals surface area contributed by atoms with Crippen molar-refractivity contribution in [3.8, 4) is 10.6 Å². The van der Waals surface area contributed by atoms with Crippen LogP contribution in [0.25, 0.3) is 20.9 Å². The quantitative estimate of drug-likeness (QED) is 0.482. The molecule has 4 nitrogen and oxygen atoms in total. The number of aromatic nitrogens is 3. The highest BCUT2D eigenvalue weighted by Gasteiger charge is 2.30. The first-order valence-corrected chi connectivity index (χ1v) is 9.60. The van der Waals surface area contributed by atoms with Gasteiger partial charge in [0.1, 0.15) is 16.0 Å². The first-order chi connectivity index (χ1) is 12.8. The van der Waals surface area contributed by atoms with Crippen LogP contribution in [0.3, 0.4) is 0 Å². The summed E-state index contributed by atoms with van der Waals surface area (Å²) in [5.74, 6) is 0. The lowest BCUT2D eigenvalue weighted by atomic mass is 10.1. The molecule has 0 saturated heterocycles. The van der Waals surface area contributed by atoms with Gasteiger partial charge in [-0.25, -0.2) is 9.78 Å². The van der Waals surface area contributed by atoms with E-state index in [9.17, 15) is 18.0 Å². The molecule has 9 heteroatoms. The Morgan fingerprint density at radius 1 is 1.11 bits per heavy atom. The molecule has 0 aliphatic carbocycles. The van der Waals surface area contributed by atoms with Crippen LogP contribution in [-0.2, 0) is 12.7 Å². The third-order valence-corrected chi connectivity index (χ3v) is 5.87. The van der Waals surface area contributed by atoms with E-state index in [-0.39, 0.29) is 6.54 Å². The zero-order chi connectivity index (χ0) is 19.2. The zero-order valence-corrected chi connectivity index (χ0v) is 15.6. The monoisotopic (exact) mass is 407 g/mol. The zero-order valence-electron chi connectivity index (χ0n) is 13.9. The van der Waals surface area contributed by atoms with Crippen molar-refractivity contribution >= 4 is 33.0 Å². The van der Waals surface area contributed by atoms with Gasteiger partial charge in [-0.05, 0) is 36.1 Å². The van der Waals surface area contributed by atoms with Crippen LogP contribution < -0.4 is 5.69 Å². The number of rotatable bonds is 3. The molecule has 3 aromatic heterocycles. The topological polar surface area (TPSA) is 47.8 Å². The van der Waals surface area contributed by atoms with Gasteiger partial charge in [-0.1, -0.05) is 18.2 Å². The maximum absolute atomic E-state index is 12.7. The van der Waals surface area contributed by atoms with Crippen molar-refractivity contribution in [2.24, 2.45) is 0 Å². The first kappa shape index (κ1) is 17.9. The minimum absolute atomic E-state index is 0.132. The van der Waals surface area contributed by atoms with E-state index in [1.54, 1.807) is 0 Å². The highest BCUT2D eigenvalue weighted by molar-refractivity contribution is 7.18. The minimum atomic E-state index is -4.39. The van der Waals surface area contributed by atoms with Crippen molar-refractivity contribution in [3.63, 3.8) is 0 Å².